The van der Waals surface area contributed by atoms with Gasteiger partial charge in [0.15, 0.2) is 0 Å². The molecule has 0 aromatic heterocycles. The average Bonchev–Trinajstić information content (AvgIpc) is 2.32. The first-order valence-electron chi connectivity index (χ1n) is 7.32. The molecule has 1 heterocycles. The van der Waals surface area contributed by atoms with Crippen molar-refractivity contribution in [3.63, 3.8) is 0 Å². The number of nitrogens with zero attached hydrogens (tertiary/aromatic N) is 1. The van der Waals surface area contributed by atoms with E-state index in [0.717, 1.165) is 22.4 Å². The van der Waals surface area contributed by atoms with Crippen molar-refractivity contribution in [1.82, 2.24) is 4.90 Å². The number of benzene rings is 1. The van der Waals surface area contributed by atoms with Gasteiger partial charge in [0.1, 0.15) is 6.17 Å². The highest BCUT2D eigenvalue weighted by Gasteiger charge is 2.51. The molecule has 1 saturated carbocycles. The molecule has 2 N–H and O–H groups in total. The van der Waals surface area contributed by atoms with Crippen molar-refractivity contribution in [2.24, 2.45) is 5.41 Å². The third-order valence-electron chi connectivity index (χ3n) is 4.95. The molecule has 3 rings (SSSR count). The molecule has 108 valence electrons. The fraction of sp³-hybridized carbons (Fsp3) is 0.529. The summed E-state index contributed by atoms with van der Waals surface area (Å²) in [6, 6.07) is 3.79. The van der Waals surface area contributed by atoms with Crippen molar-refractivity contribution in [2.75, 3.05) is 25.9 Å². The third-order valence-corrected chi connectivity index (χ3v) is 4.95. The summed E-state index contributed by atoms with van der Waals surface area (Å²) in [6.45, 7) is 7.75. The predicted octanol–water partition coefficient (Wildman–Crippen LogP) is 3.75. The van der Waals surface area contributed by atoms with Crippen LogP contribution in [0.2, 0.25) is 0 Å². The van der Waals surface area contributed by atoms with Gasteiger partial charge in [-0.2, -0.15) is 0 Å². The van der Waals surface area contributed by atoms with Crippen molar-refractivity contribution < 1.29 is 4.39 Å². The lowest BCUT2D eigenvalue weighted by Crippen LogP contribution is -2.60. The molecule has 1 spiro atoms. The van der Waals surface area contributed by atoms with E-state index in [0.29, 0.717) is 11.3 Å². The molecular formula is C17H23FN2. The van der Waals surface area contributed by atoms with Crippen LogP contribution in [-0.2, 0) is 0 Å². The van der Waals surface area contributed by atoms with E-state index in [4.69, 9.17) is 5.73 Å². The smallest absolute Gasteiger partial charge is 0.122 e. The van der Waals surface area contributed by atoms with E-state index in [1.807, 2.05) is 12.1 Å². The topological polar surface area (TPSA) is 29.3 Å². The lowest BCUT2D eigenvalue weighted by Gasteiger charge is -2.58. The van der Waals surface area contributed by atoms with Crippen LogP contribution < -0.4 is 5.73 Å². The van der Waals surface area contributed by atoms with Crippen LogP contribution in [-0.4, -0.2) is 25.0 Å². The molecule has 2 fully saturated rings. The van der Waals surface area contributed by atoms with Crippen molar-refractivity contribution in [3.8, 4) is 0 Å². The van der Waals surface area contributed by atoms with Gasteiger partial charge in [-0.3, -0.25) is 0 Å². The van der Waals surface area contributed by atoms with E-state index in [1.54, 1.807) is 13.0 Å². The minimum atomic E-state index is -0.961. The van der Waals surface area contributed by atoms with Gasteiger partial charge in [0.2, 0.25) is 0 Å². The summed E-state index contributed by atoms with van der Waals surface area (Å²) < 4.78 is 13.6. The standard InChI is InChI=1S/C17H23FN2/c1-4-12-5-13(11(2)18)6-15(16(12)19)14-7-17(8-14)9-20(3)10-17/h4-6,11,14H,1,7-10,19H2,2-3H3. The van der Waals surface area contributed by atoms with Crippen LogP contribution in [0.3, 0.4) is 0 Å². The Kier molecular flexibility index (Phi) is 3.13. The molecule has 20 heavy (non-hydrogen) atoms. The van der Waals surface area contributed by atoms with Crippen molar-refractivity contribution in [2.45, 2.75) is 31.9 Å². The van der Waals surface area contributed by atoms with E-state index in [2.05, 4.69) is 18.5 Å². The number of nitrogens with two attached hydrogens (primary N) is 1. The summed E-state index contributed by atoms with van der Waals surface area (Å²) in [6.07, 6.45) is 3.14. The van der Waals surface area contributed by atoms with Crippen LogP contribution >= 0.6 is 0 Å². The first-order valence-corrected chi connectivity index (χ1v) is 7.32. The molecule has 2 aliphatic rings. The summed E-state index contributed by atoms with van der Waals surface area (Å²) in [5, 5.41) is 0. The van der Waals surface area contributed by atoms with Gasteiger partial charge in [0, 0.05) is 18.8 Å². The summed E-state index contributed by atoms with van der Waals surface area (Å²) in [5.74, 6) is 0.487. The summed E-state index contributed by atoms with van der Waals surface area (Å²) in [4.78, 5) is 2.36. The molecule has 2 nitrogen and oxygen atoms in total. The van der Waals surface area contributed by atoms with E-state index >= 15 is 0 Å². The lowest BCUT2D eigenvalue weighted by atomic mass is 9.56. The van der Waals surface area contributed by atoms with Gasteiger partial charge in [-0.25, -0.2) is 4.39 Å². The number of nitrogen functional groups attached to an aromatic ring is 1. The number of likely N-dealkylation sites (tertiary alicyclic amines) is 1. The van der Waals surface area contributed by atoms with Crippen LogP contribution in [0.5, 0.6) is 0 Å². The molecule has 1 aromatic carbocycles. The Morgan fingerprint density at radius 1 is 1.45 bits per heavy atom. The number of alkyl halides is 1. The van der Waals surface area contributed by atoms with Crippen LogP contribution in [0.15, 0.2) is 18.7 Å². The Bertz CT molecular complexity index is 536. The summed E-state index contributed by atoms with van der Waals surface area (Å²) >= 11 is 0. The van der Waals surface area contributed by atoms with E-state index in [1.165, 1.54) is 25.9 Å². The Morgan fingerprint density at radius 2 is 2.10 bits per heavy atom. The lowest BCUT2D eigenvalue weighted by molar-refractivity contribution is -0.0582. The Balaban J connectivity index is 1.86. The van der Waals surface area contributed by atoms with Crippen molar-refractivity contribution >= 4 is 11.8 Å². The minimum absolute atomic E-state index is 0.487. The molecule has 1 atom stereocenters. The zero-order valence-corrected chi connectivity index (χ0v) is 12.3. The highest BCUT2D eigenvalue weighted by atomic mass is 19.1. The maximum atomic E-state index is 13.6. The van der Waals surface area contributed by atoms with Gasteiger partial charge >= 0.3 is 0 Å². The number of anilines is 1. The zero-order valence-electron chi connectivity index (χ0n) is 12.3. The average molecular weight is 274 g/mol. The minimum Gasteiger partial charge on any atom is -0.398 e. The van der Waals surface area contributed by atoms with E-state index in [-0.39, 0.29) is 0 Å². The monoisotopic (exact) mass is 274 g/mol. The molecule has 0 radical (unpaired) electrons. The largest absolute Gasteiger partial charge is 0.398 e. The predicted molar refractivity (Wildman–Crippen MR) is 82.4 cm³/mol. The van der Waals surface area contributed by atoms with Crippen molar-refractivity contribution in [1.29, 1.82) is 0 Å². The third kappa shape index (κ3) is 2.05. The molecule has 0 bridgehead atoms. The summed E-state index contributed by atoms with van der Waals surface area (Å²) in [7, 11) is 2.16. The van der Waals surface area contributed by atoms with Gasteiger partial charge in [0.25, 0.3) is 0 Å². The normalized spacial score (nSPS) is 23.1. The Morgan fingerprint density at radius 3 is 2.60 bits per heavy atom. The SMILES string of the molecule is C=Cc1cc(C(C)F)cc(C2CC3(C2)CN(C)C3)c1N. The quantitative estimate of drug-likeness (QED) is 0.851. The Labute approximate surface area is 120 Å². The van der Waals surface area contributed by atoms with Crippen molar-refractivity contribution in [3.05, 3.63) is 35.4 Å². The summed E-state index contributed by atoms with van der Waals surface area (Å²) in [5.41, 5.74) is 10.3. The van der Waals surface area contributed by atoms with Gasteiger partial charge in [0.05, 0.1) is 0 Å². The number of hydrogen-bond donors (Lipinski definition) is 1. The second kappa shape index (κ2) is 4.59. The molecule has 3 heteroatoms. The van der Waals surface area contributed by atoms with Crippen LogP contribution in [0.4, 0.5) is 10.1 Å². The number of halogens is 1. The van der Waals surface area contributed by atoms with Crippen LogP contribution in [0, 0.1) is 5.41 Å². The number of hydrogen-bond acceptors (Lipinski definition) is 2. The maximum Gasteiger partial charge on any atom is 0.122 e. The highest BCUT2D eigenvalue weighted by molar-refractivity contribution is 5.69. The maximum absolute atomic E-state index is 13.6. The van der Waals surface area contributed by atoms with E-state index < -0.39 is 6.17 Å². The van der Waals surface area contributed by atoms with E-state index in [9.17, 15) is 4.39 Å². The van der Waals surface area contributed by atoms with Crippen LogP contribution in [0.25, 0.3) is 6.08 Å². The Hall–Kier alpha value is -1.35. The second-order valence-electron chi connectivity index (χ2n) is 6.71. The first-order chi connectivity index (χ1) is 9.44. The van der Waals surface area contributed by atoms with Crippen LogP contribution in [0.1, 0.15) is 48.5 Å². The van der Waals surface area contributed by atoms with Gasteiger partial charge in [-0.15, -0.1) is 0 Å². The second-order valence-corrected chi connectivity index (χ2v) is 6.71. The number of rotatable bonds is 3. The zero-order chi connectivity index (χ0) is 14.5. The van der Waals surface area contributed by atoms with Gasteiger partial charge in [-0.05, 0) is 60.9 Å². The molecule has 0 amide bonds. The molecule has 1 aliphatic carbocycles. The molecular weight excluding hydrogens is 251 g/mol. The molecule has 1 aromatic rings. The highest BCUT2D eigenvalue weighted by Crippen LogP contribution is 2.56. The molecule has 1 unspecified atom stereocenters. The fourth-order valence-corrected chi connectivity index (χ4v) is 4.02. The first kappa shape index (κ1) is 13.6. The molecule has 1 aliphatic heterocycles. The van der Waals surface area contributed by atoms with Gasteiger partial charge < -0.3 is 10.6 Å². The molecule has 1 saturated heterocycles. The fourth-order valence-electron chi connectivity index (χ4n) is 4.02. The van der Waals surface area contributed by atoms with Gasteiger partial charge in [-0.1, -0.05) is 18.7 Å².